The van der Waals surface area contributed by atoms with Crippen LogP contribution in [-0.2, 0) is 6.61 Å². The quantitative estimate of drug-likeness (QED) is 0.759. The second kappa shape index (κ2) is 7.30. The van der Waals surface area contributed by atoms with Gasteiger partial charge in [-0.2, -0.15) is 0 Å². The van der Waals surface area contributed by atoms with E-state index in [0.717, 1.165) is 17.2 Å². The average Bonchev–Trinajstić information content (AvgIpc) is 2.52. The Morgan fingerprint density at radius 3 is 2.32 bits per heavy atom. The molecule has 0 saturated carbocycles. The van der Waals surface area contributed by atoms with E-state index in [1.54, 1.807) is 7.11 Å². The Morgan fingerprint density at radius 1 is 1.00 bits per heavy atom. The van der Waals surface area contributed by atoms with Crippen LogP contribution >= 0.6 is 0 Å². The molecule has 3 heteroatoms. The predicted molar refractivity (Wildman–Crippen MR) is 89.7 cm³/mol. The third-order valence-corrected chi connectivity index (χ3v) is 3.73. The maximum atomic E-state index is 5.83. The Morgan fingerprint density at radius 2 is 1.77 bits per heavy atom. The van der Waals surface area contributed by atoms with Crippen LogP contribution in [-0.4, -0.2) is 12.1 Å². The van der Waals surface area contributed by atoms with Crippen molar-refractivity contribution < 1.29 is 9.47 Å². The van der Waals surface area contributed by atoms with Crippen LogP contribution in [0.3, 0.4) is 0 Å². The van der Waals surface area contributed by atoms with Gasteiger partial charge in [0.25, 0.3) is 0 Å². The van der Waals surface area contributed by atoms with Gasteiger partial charge in [-0.25, -0.2) is 0 Å². The van der Waals surface area contributed by atoms with Gasteiger partial charge in [-0.3, -0.25) is 4.98 Å². The molecule has 0 spiro atoms. The van der Waals surface area contributed by atoms with E-state index in [4.69, 9.17) is 9.47 Å². The van der Waals surface area contributed by atoms with Crippen LogP contribution in [0.15, 0.2) is 36.5 Å². The van der Waals surface area contributed by atoms with Crippen molar-refractivity contribution in [2.75, 3.05) is 7.11 Å². The number of benzene rings is 1. The van der Waals surface area contributed by atoms with E-state index < -0.39 is 0 Å². The van der Waals surface area contributed by atoms with Gasteiger partial charge in [0, 0.05) is 12.3 Å². The standard InChI is InChI=1S/C19H25NO2/c1-13(2)15-6-7-16(20-11-15)12-22-17-8-9-18(14(3)4)19(10-17)21-5/h6-11,13-14H,12H2,1-5H3. The monoisotopic (exact) mass is 299 g/mol. The number of nitrogens with zero attached hydrogens (tertiary/aromatic N) is 1. The summed E-state index contributed by atoms with van der Waals surface area (Å²) >= 11 is 0. The summed E-state index contributed by atoms with van der Waals surface area (Å²) in [7, 11) is 1.69. The van der Waals surface area contributed by atoms with Crippen molar-refractivity contribution in [2.45, 2.75) is 46.1 Å². The van der Waals surface area contributed by atoms with Gasteiger partial charge in [0.05, 0.1) is 12.8 Å². The Labute approximate surface area is 133 Å². The summed E-state index contributed by atoms with van der Waals surface area (Å²) in [5.74, 6) is 2.59. The molecule has 2 rings (SSSR count). The molecule has 0 radical (unpaired) electrons. The fourth-order valence-electron chi connectivity index (χ4n) is 2.28. The van der Waals surface area contributed by atoms with E-state index in [1.165, 1.54) is 11.1 Å². The zero-order valence-corrected chi connectivity index (χ0v) is 14.1. The summed E-state index contributed by atoms with van der Waals surface area (Å²) in [5, 5.41) is 0. The molecule has 2 aromatic rings. The van der Waals surface area contributed by atoms with Crippen LogP contribution in [0.5, 0.6) is 11.5 Å². The van der Waals surface area contributed by atoms with Crippen molar-refractivity contribution in [1.82, 2.24) is 4.98 Å². The number of aromatic nitrogens is 1. The van der Waals surface area contributed by atoms with Crippen molar-refractivity contribution in [3.63, 3.8) is 0 Å². The van der Waals surface area contributed by atoms with Crippen LogP contribution in [0.1, 0.15) is 56.4 Å². The molecule has 0 unspecified atom stereocenters. The van der Waals surface area contributed by atoms with Crippen LogP contribution in [0.25, 0.3) is 0 Å². The number of ether oxygens (including phenoxy) is 2. The summed E-state index contributed by atoms with van der Waals surface area (Å²) in [6, 6.07) is 10.1. The fourth-order valence-corrected chi connectivity index (χ4v) is 2.28. The highest BCUT2D eigenvalue weighted by Gasteiger charge is 2.09. The molecule has 0 bridgehead atoms. The topological polar surface area (TPSA) is 31.4 Å². The summed E-state index contributed by atoms with van der Waals surface area (Å²) < 4.78 is 11.3. The van der Waals surface area contributed by atoms with Crippen LogP contribution in [0.4, 0.5) is 0 Å². The molecular formula is C19H25NO2. The van der Waals surface area contributed by atoms with Crippen molar-refractivity contribution in [1.29, 1.82) is 0 Å². The lowest BCUT2D eigenvalue weighted by Crippen LogP contribution is -2.01. The minimum Gasteiger partial charge on any atom is -0.496 e. The lowest BCUT2D eigenvalue weighted by molar-refractivity contribution is 0.298. The van der Waals surface area contributed by atoms with Gasteiger partial charge in [0.15, 0.2) is 0 Å². The Kier molecular flexibility index (Phi) is 5.42. The molecule has 0 atom stereocenters. The molecule has 0 saturated heterocycles. The number of hydrogen-bond acceptors (Lipinski definition) is 3. The van der Waals surface area contributed by atoms with Gasteiger partial charge in [-0.1, -0.05) is 39.8 Å². The highest BCUT2D eigenvalue weighted by Crippen LogP contribution is 2.30. The van der Waals surface area contributed by atoms with E-state index in [2.05, 4.69) is 44.8 Å². The van der Waals surface area contributed by atoms with Gasteiger partial charge in [-0.15, -0.1) is 0 Å². The molecule has 0 fully saturated rings. The molecule has 1 aromatic carbocycles. The van der Waals surface area contributed by atoms with Crippen molar-refractivity contribution in [3.8, 4) is 11.5 Å². The van der Waals surface area contributed by atoms with Crippen LogP contribution < -0.4 is 9.47 Å². The van der Waals surface area contributed by atoms with E-state index in [-0.39, 0.29) is 0 Å². The summed E-state index contributed by atoms with van der Waals surface area (Å²) in [6.45, 7) is 9.09. The Balaban J connectivity index is 2.05. The Hall–Kier alpha value is -2.03. The highest BCUT2D eigenvalue weighted by atomic mass is 16.5. The lowest BCUT2D eigenvalue weighted by Gasteiger charge is -2.14. The first kappa shape index (κ1) is 16.3. The van der Waals surface area contributed by atoms with Crippen molar-refractivity contribution >= 4 is 0 Å². The maximum absolute atomic E-state index is 5.83. The second-order valence-corrected chi connectivity index (χ2v) is 6.08. The first-order chi connectivity index (χ1) is 10.5. The van der Waals surface area contributed by atoms with E-state index in [9.17, 15) is 0 Å². The first-order valence-electron chi connectivity index (χ1n) is 7.76. The molecule has 0 N–H and O–H groups in total. The molecule has 22 heavy (non-hydrogen) atoms. The van der Waals surface area contributed by atoms with Gasteiger partial charge in [-0.05, 0) is 35.1 Å². The largest absolute Gasteiger partial charge is 0.496 e. The molecule has 0 aliphatic rings. The van der Waals surface area contributed by atoms with E-state index >= 15 is 0 Å². The number of rotatable bonds is 6. The van der Waals surface area contributed by atoms with Crippen LogP contribution in [0.2, 0.25) is 0 Å². The second-order valence-electron chi connectivity index (χ2n) is 6.08. The van der Waals surface area contributed by atoms with Gasteiger partial charge in [0.1, 0.15) is 18.1 Å². The molecule has 1 aromatic heterocycles. The zero-order chi connectivity index (χ0) is 16.1. The summed E-state index contributed by atoms with van der Waals surface area (Å²) in [6.07, 6.45) is 1.92. The minimum absolute atomic E-state index is 0.425. The highest BCUT2D eigenvalue weighted by molar-refractivity contribution is 5.42. The van der Waals surface area contributed by atoms with Gasteiger partial charge >= 0.3 is 0 Å². The smallest absolute Gasteiger partial charge is 0.130 e. The van der Waals surface area contributed by atoms with Crippen molar-refractivity contribution in [2.24, 2.45) is 0 Å². The summed E-state index contributed by atoms with van der Waals surface area (Å²) in [5.41, 5.74) is 3.36. The van der Waals surface area contributed by atoms with E-state index in [1.807, 2.05) is 24.4 Å². The van der Waals surface area contributed by atoms with Crippen LogP contribution in [0, 0.1) is 0 Å². The maximum Gasteiger partial charge on any atom is 0.130 e. The minimum atomic E-state index is 0.425. The molecule has 0 aliphatic carbocycles. The molecule has 1 heterocycles. The first-order valence-corrected chi connectivity index (χ1v) is 7.76. The number of methoxy groups -OCH3 is 1. The molecular weight excluding hydrogens is 274 g/mol. The zero-order valence-electron chi connectivity index (χ0n) is 14.1. The fraction of sp³-hybridized carbons (Fsp3) is 0.421. The third-order valence-electron chi connectivity index (χ3n) is 3.73. The molecule has 0 aliphatic heterocycles. The van der Waals surface area contributed by atoms with Crippen molar-refractivity contribution in [3.05, 3.63) is 53.3 Å². The Bertz CT molecular complexity index is 603. The summed E-state index contributed by atoms with van der Waals surface area (Å²) in [4.78, 5) is 4.45. The van der Waals surface area contributed by atoms with Gasteiger partial charge < -0.3 is 9.47 Å². The molecule has 3 nitrogen and oxygen atoms in total. The lowest BCUT2D eigenvalue weighted by atomic mass is 10.0. The number of pyridine rings is 1. The molecule has 0 amide bonds. The third kappa shape index (κ3) is 4.00. The normalized spacial score (nSPS) is 11.0. The average molecular weight is 299 g/mol. The SMILES string of the molecule is COc1cc(OCc2ccc(C(C)C)cn2)ccc1C(C)C. The predicted octanol–water partition coefficient (Wildman–Crippen LogP) is 4.92. The number of hydrogen-bond donors (Lipinski definition) is 0. The molecule has 118 valence electrons. The van der Waals surface area contributed by atoms with E-state index in [0.29, 0.717) is 18.4 Å². The van der Waals surface area contributed by atoms with Gasteiger partial charge in [0.2, 0.25) is 0 Å².